The Morgan fingerprint density at radius 2 is 1.72 bits per heavy atom. The highest BCUT2D eigenvalue weighted by Crippen LogP contribution is 2.30. The van der Waals surface area contributed by atoms with Gasteiger partial charge in [-0.05, 0) is 48.2 Å². The van der Waals surface area contributed by atoms with Crippen LogP contribution >= 0.6 is 11.8 Å². The Kier molecular flexibility index (Phi) is 6.69. The van der Waals surface area contributed by atoms with Gasteiger partial charge >= 0.3 is 0 Å². The van der Waals surface area contributed by atoms with Crippen LogP contribution < -0.4 is 10.2 Å². The number of carbonyl (C=O) groups is 3. The molecule has 1 fully saturated rings. The summed E-state index contributed by atoms with van der Waals surface area (Å²) in [5.41, 5.74) is 3.32. The highest BCUT2D eigenvalue weighted by Gasteiger charge is 2.40. The molecule has 0 aliphatic carbocycles. The molecule has 0 unspecified atom stereocenters. The van der Waals surface area contributed by atoms with Crippen molar-refractivity contribution in [1.29, 1.82) is 0 Å². The fourth-order valence-corrected chi connectivity index (χ4v) is 4.28. The van der Waals surface area contributed by atoms with Crippen LogP contribution in [0.15, 0.2) is 42.5 Å². The molecule has 5 nitrogen and oxygen atoms in total. The highest BCUT2D eigenvalue weighted by molar-refractivity contribution is 8.01. The zero-order valence-corrected chi connectivity index (χ0v) is 17.2. The van der Waals surface area contributed by atoms with Crippen LogP contribution in [0.3, 0.4) is 0 Å². The van der Waals surface area contributed by atoms with Crippen LogP contribution in [-0.4, -0.2) is 28.7 Å². The Labute approximate surface area is 173 Å². The second kappa shape index (κ2) is 9.22. The zero-order chi connectivity index (χ0) is 21.0. The fraction of sp³-hybridized carbons (Fsp3) is 0.318. The third-order valence-electron chi connectivity index (χ3n) is 4.87. The Morgan fingerprint density at radius 1 is 1.10 bits per heavy atom. The third-order valence-corrected chi connectivity index (χ3v) is 6.07. The van der Waals surface area contributed by atoms with Crippen LogP contribution in [0.25, 0.3) is 0 Å². The number of thioether (sulfide) groups is 1. The lowest BCUT2D eigenvalue weighted by Crippen LogP contribution is -2.31. The van der Waals surface area contributed by atoms with Gasteiger partial charge in [0.2, 0.25) is 17.7 Å². The van der Waals surface area contributed by atoms with E-state index >= 15 is 0 Å². The fourth-order valence-electron chi connectivity index (χ4n) is 3.35. The van der Waals surface area contributed by atoms with E-state index in [1.807, 2.05) is 32.0 Å². The Balaban J connectivity index is 1.63. The number of rotatable bonds is 7. The molecule has 2 aromatic rings. The third kappa shape index (κ3) is 4.67. The van der Waals surface area contributed by atoms with Crippen LogP contribution in [0.5, 0.6) is 0 Å². The summed E-state index contributed by atoms with van der Waals surface area (Å²) in [5.74, 6) is -1.28. The first kappa shape index (κ1) is 21.0. The van der Waals surface area contributed by atoms with Gasteiger partial charge in [-0.25, -0.2) is 9.29 Å². The molecular formula is C22H23FN2O3S. The van der Waals surface area contributed by atoms with Crippen LogP contribution in [0, 0.1) is 5.82 Å². The smallest absolute Gasteiger partial charge is 0.247 e. The van der Waals surface area contributed by atoms with E-state index in [-0.39, 0.29) is 29.9 Å². The molecule has 1 N–H and O–H groups in total. The molecule has 3 amide bonds. The largest absolute Gasteiger partial charge is 0.325 e. The lowest BCUT2D eigenvalue weighted by Gasteiger charge is -2.16. The number of halogens is 1. The zero-order valence-electron chi connectivity index (χ0n) is 16.4. The van der Waals surface area contributed by atoms with E-state index in [0.29, 0.717) is 5.69 Å². The minimum absolute atomic E-state index is 0.0277. The molecule has 2 aromatic carbocycles. The minimum Gasteiger partial charge on any atom is -0.325 e. The maximum Gasteiger partial charge on any atom is 0.247 e. The van der Waals surface area contributed by atoms with E-state index in [1.54, 1.807) is 0 Å². The summed E-state index contributed by atoms with van der Waals surface area (Å²) in [5, 5.41) is 2.35. The number of benzene rings is 2. The molecule has 1 aliphatic heterocycles. The number of nitrogens with one attached hydrogen (secondary N) is 1. The second-order valence-corrected chi connectivity index (χ2v) is 7.95. The molecule has 0 bridgehead atoms. The van der Waals surface area contributed by atoms with E-state index in [9.17, 15) is 18.8 Å². The molecule has 29 heavy (non-hydrogen) atoms. The van der Waals surface area contributed by atoms with Gasteiger partial charge in [-0.1, -0.05) is 32.0 Å². The predicted octanol–water partition coefficient (Wildman–Crippen LogP) is 3.95. The summed E-state index contributed by atoms with van der Waals surface area (Å²) in [7, 11) is 0. The summed E-state index contributed by atoms with van der Waals surface area (Å²) in [6.45, 7) is 4.07. The average Bonchev–Trinajstić information content (AvgIpc) is 3.00. The van der Waals surface area contributed by atoms with Gasteiger partial charge in [0.15, 0.2) is 0 Å². The van der Waals surface area contributed by atoms with Gasteiger partial charge in [0.05, 0.1) is 16.7 Å². The number of hydrogen-bond acceptors (Lipinski definition) is 4. The van der Waals surface area contributed by atoms with E-state index in [4.69, 9.17) is 0 Å². The van der Waals surface area contributed by atoms with E-state index < -0.39 is 11.1 Å². The van der Waals surface area contributed by atoms with Crippen molar-refractivity contribution >= 4 is 40.9 Å². The van der Waals surface area contributed by atoms with Gasteiger partial charge in [-0.2, -0.15) is 0 Å². The monoisotopic (exact) mass is 414 g/mol. The van der Waals surface area contributed by atoms with Crippen LogP contribution in [0.1, 0.15) is 31.4 Å². The quantitative estimate of drug-likeness (QED) is 0.697. The van der Waals surface area contributed by atoms with Gasteiger partial charge in [-0.15, -0.1) is 11.8 Å². The SMILES string of the molecule is CCc1cccc(CC)c1NC(=O)CS[C@H]1CC(=O)N(c2ccc(F)cc2)C1=O. The van der Waals surface area contributed by atoms with Crippen molar-refractivity contribution in [3.8, 4) is 0 Å². The first-order valence-corrected chi connectivity index (χ1v) is 10.6. The number of para-hydroxylation sites is 1. The molecular weight excluding hydrogens is 391 g/mol. The highest BCUT2D eigenvalue weighted by atomic mass is 32.2. The van der Waals surface area contributed by atoms with Crippen molar-refractivity contribution in [3.63, 3.8) is 0 Å². The molecule has 0 spiro atoms. The topological polar surface area (TPSA) is 66.5 Å². The summed E-state index contributed by atoms with van der Waals surface area (Å²) in [6.07, 6.45) is 1.64. The Hall–Kier alpha value is -2.67. The number of imide groups is 1. The van der Waals surface area contributed by atoms with Gasteiger partial charge in [-0.3, -0.25) is 14.4 Å². The number of nitrogens with zero attached hydrogens (tertiary/aromatic N) is 1. The summed E-state index contributed by atoms with van der Waals surface area (Å²) in [6, 6.07) is 11.2. The average molecular weight is 415 g/mol. The lowest BCUT2D eigenvalue weighted by molar-refractivity contribution is -0.121. The predicted molar refractivity (Wildman–Crippen MR) is 114 cm³/mol. The standard InChI is InChI=1S/C22H23FN2O3S/c1-3-14-6-5-7-15(4-2)21(14)24-19(26)13-29-18-12-20(27)25(22(18)28)17-10-8-16(23)9-11-17/h5-11,18H,3-4,12-13H2,1-2H3,(H,24,26)/t18-/m0/s1. The Morgan fingerprint density at radius 3 is 2.31 bits per heavy atom. The van der Waals surface area contributed by atoms with Crippen LogP contribution in [0.4, 0.5) is 15.8 Å². The molecule has 7 heteroatoms. The van der Waals surface area contributed by atoms with Crippen molar-refractivity contribution in [2.24, 2.45) is 0 Å². The van der Waals surface area contributed by atoms with Crippen molar-refractivity contribution < 1.29 is 18.8 Å². The number of aryl methyl sites for hydroxylation is 2. The van der Waals surface area contributed by atoms with E-state index in [1.165, 1.54) is 24.3 Å². The molecule has 0 aromatic heterocycles. The number of amides is 3. The van der Waals surface area contributed by atoms with Gasteiger partial charge in [0.1, 0.15) is 5.82 Å². The molecule has 0 radical (unpaired) electrons. The van der Waals surface area contributed by atoms with Crippen molar-refractivity contribution in [1.82, 2.24) is 0 Å². The first-order chi connectivity index (χ1) is 13.9. The van der Waals surface area contributed by atoms with Gasteiger partial charge in [0.25, 0.3) is 0 Å². The minimum atomic E-state index is -0.620. The van der Waals surface area contributed by atoms with Crippen molar-refractivity contribution in [3.05, 3.63) is 59.4 Å². The second-order valence-electron chi connectivity index (χ2n) is 6.75. The number of anilines is 2. The van der Waals surface area contributed by atoms with Gasteiger partial charge < -0.3 is 5.32 Å². The molecule has 1 atom stereocenters. The maximum atomic E-state index is 13.1. The van der Waals surface area contributed by atoms with Crippen LogP contribution in [-0.2, 0) is 27.2 Å². The van der Waals surface area contributed by atoms with E-state index in [0.717, 1.165) is 46.3 Å². The van der Waals surface area contributed by atoms with Crippen LogP contribution in [0.2, 0.25) is 0 Å². The molecule has 1 saturated heterocycles. The number of carbonyl (C=O) groups excluding carboxylic acids is 3. The molecule has 3 rings (SSSR count). The molecule has 152 valence electrons. The van der Waals surface area contributed by atoms with Crippen molar-refractivity contribution in [2.75, 3.05) is 16.0 Å². The molecule has 1 aliphatic rings. The van der Waals surface area contributed by atoms with Crippen molar-refractivity contribution in [2.45, 2.75) is 38.4 Å². The lowest BCUT2D eigenvalue weighted by atomic mass is 10.0. The maximum absolute atomic E-state index is 13.1. The van der Waals surface area contributed by atoms with Gasteiger partial charge in [0, 0.05) is 12.1 Å². The summed E-state index contributed by atoms with van der Waals surface area (Å²) in [4.78, 5) is 38.5. The summed E-state index contributed by atoms with van der Waals surface area (Å²) < 4.78 is 13.1. The molecule has 0 saturated carbocycles. The summed E-state index contributed by atoms with van der Waals surface area (Å²) >= 11 is 1.15. The van der Waals surface area contributed by atoms with E-state index in [2.05, 4.69) is 5.32 Å². The normalized spacial score (nSPS) is 16.4. The Bertz CT molecular complexity index is 908. The molecule has 1 heterocycles. The first-order valence-electron chi connectivity index (χ1n) is 9.59. The number of hydrogen-bond donors (Lipinski definition) is 1.